The van der Waals surface area contributed by atoms with Gasteiger partial charge < -0.3 is 14.8 Å². The third-order valence-corrected chi connectivity index (χ3v) is 5.89. The molecule has 0 aliphatic carbocycles. The fraction of sp³-hybridized carbons (Fsp3) is 0.550. The van der Waals surface area contributed by atoms with Gasteiger partial charge in [-0.25, -0.2) is 4.68 Å². The first-order valence-electron chi connectivity index (χ1n) is 9.32. The maximum Gasteiger partial charge on any atom is 0.0951 e. The Labute approximate surface area is 159 Å². The number of hydrogen-bond donors (Lipinski definition) is 1. The molecule has 0 bridgehead atoms. The summed E-state index contributed by atoms with van der Waals surface area (Å²) in [5.41, 5.74) is 4.48. The summed E-state index contributed by atoms with van der Waals surface area (Å²) in [5.74, 6) is 0. The van der Waals surface area contributed by atoms with Crippen molar-refractivity contribution in [1.29, 1.82) is 0 Å². The minimum atomic E-state index is -0.0620. The van der Waals surface area contributed by atoms with Crippen molar-refractivity contribution in [2.45, 2.75) is 51.3 Å². The molecule has 0 unspecified atom stereocenters. The first-order valence-corrected chi connectivity index (χ1v) is 9.70. The molecule has 6 heteroatoms. The van der Waals surface area contributed by atoms with Gasteiger partial charge in [0, 0.05) is 48.5 Å². The van der Waals surface area contributed by atoms with Crippen molar-refractivity contribution in [3.8, 4) is 5.69 Å². The predicted molar refractivity (Wildman–Crippen MR) is 102 cm³/mol. The third kappa shape index (κ3) is 3.54. The Morgan fingerprint density at radius 3 is 2.81 bits per heavy atom. The first kappa shape index (κ1) is 18.0. The van der Waals surface area contributed by atoms with E-state index in [0.717, 1.165) is 62.0 Å². The largest absolute Gasteiger partial charge is 0.378 e. The van der Waals surface area contributed by atoms with Gasteiger partial charge in [-0.2, -0.15) is 5.10 Å². The van der Waals surface area contributed by atoms with Crippen LogP contribution < -0.4 is 5.32 Å². The maximum absolute atomic E-state index is 6.04. The van der Waals surface area contributed by atoms with Crippen LogP contribution in [0.25, 0.3) is 5.69 Å². The smallest absolute Gasteiger partial charge is 0.0951 e. The van der Waals surface area contributed by atoms with Crippen LogP contribution in [0.15, 0.2) is 24.3 Å². The normalized spacial score (nSPS) is 25.9. The summed E-state index contributed by atoms with van der Waals surface area (Å²) >= 11 is 6.00. The zero-order valence-corrected chi connectivity index (χ0v) is 16.2. The molecule has 2 fully saturated rings. The molecule has 26 heavy (non-hydrogen) atoms. The van der Waals surface area contributed by atoms with E-state index >= 15 is 0 Å². The molecule has 1 aromatic heterocycles. The molecule has 2 atom stereocenters. The van der Waals surface area contributed by atoms with E-state index in [4.69, 9.17) is 26.2 Å². The molecule has 0 saturated carbocycles. The van der Waals surface area contributed by atoms with Gasteiger partial charge in [0.25, 0.3) is 0 Å². The van der Waals surface area contributed by atoms with E-state index in [2.05, 4.69) is 19.2 Å². The maximum atomic E-state index is 6.04. The number of nitrogens with zero attached hydrogens (tertiary/aromatic N) is 2. The van der Waals surface area contributed by atoms with Crippen LogP contribution in [0, 0.1) is 13.8 Å². The fourth-order valence-corrected chi connectivity index (χ4v) is 4.20. The van der Waals surface area contributed by atoms with Crippen molar-refractivity contribution < 1.29 is 9.47 Å². The average molecular weight is 376 g/mol. The van der Waals surface area contributed by atoms with E-state index in [0.29, 0.717) is 6.04 Å². The van der Waals surface area contributed by atoms with E-state index in [1.807, 2.05) is 28.9 Å². The lowest BCUT2D eigenvalue weighted by Crippen LogP contribution is -2.47. The number of hydrogen-bond acceptors (Lipinski definition) is 4. The first-order chi connectivity index (χ1) is 12.6. The highest BCUT2D eigenvalue weighted by Gasteiger charge is 2.40. The second-order valence-electron chi connectivity index (χ2n) is 7.44. The molecule has 1 N–H and O–H groups in total. The van der Waals surface area contributed by atoms with Gasteiger partial charge in [0.05, 0.1) is 23.6 Å². The van der Waals surface area contributed by atoms with Crippen LogP contribution in [0.5, 0.6) is 0 Å². The lowest BCUT2D eigenvalue weighted by atomic mass is 9.89. The fourth-order valence-electron chi connectivity index (χ4n) is 4.08. The lowest BCUT2D eigenvalue weighted by molar-refractivity contribution is -0.0894. The van der Waals surface area contributed by atoms with Crippen molar-refractivity contribution in [1.82, 2.24) is 15.1 Å². The van der Waals surface area contributed by atoms with Crippen molar-refractivity contribution in [3.63, 3.8) is 0 Å². The second-order valence-corrected chi connectivity index (χ2v) is 7.88. The highest BCUT2D eigenvalue weighted by Crippen LogP contribution is 2.33. The Kier molecular flexibility index (Phi) is 5.06. The number of benzene rings is 1. The summed E-state index contributed by atoms with van der Waals surface area (Å²) in [4.78, 5) is 0. The minimum Gasteiger partial charge on any atom is -0.378 e. The molecule has 0 amide bonds. The average Bonchev–Trinajstić information content (AvgIpc) is 3.19. The van der Waals surface area contributed by atoms with Crippen LogP contribution in [-0.2, 0) is 16.0 Å². The van der Waals surface area contributed by atoms with Gasteiger partial charge >= 0.3 is 0 Å². The summed E-state index contributed by atoms with van der Waals surface area (Å²) in [6, 6.07) is 8.26. The highest BCUT2D eigenvalue weighted by atomic mass is 35.5. The third-order valence-electron chi connectivity index (χ3n) is 5.64. The lowest BCUT2D eigenvalue weighted by Gasteiger charge is -2.37. The molecular weight excluding hydrogens is 350 g/mol. The SMILES string of the molecule is Cc1nn(-c2ccc(Cl)cc2)c(C)c1CN[C@H]1CCO[C@@]2(CCOC2)C1. The molecule has 4 rings (SSSR count). The summed E-state index contributed by atoms with van der Waals surface area (Å²) in [7, 11) is 0. The molecule has 140 valence electrons. The van der Waals surface area contributed by atoms with Gasteiger partial charge in [-0.15, -0.1) is 0 Å². The molecule has 1 aromatic carbocycles. The number of aryl methyl sites for hydroxylation is 1. The van der Waals surface area contributed by atoms with E-state index in [9.17, 15) is 0 Å². The van der Waals surface area contributed by atoms with Crippen molar-refractivity contribution >= 4 is 11.6 Å². The molecule has 1 spiro atoms. The monoisotopic (exact) mass is 375 g/mol. The van der Waals surface area contributed by atoms with Crippen LogP contribution in [-0.4, -0.2) is 41.2 Å². The van der Waals surface area contributed by atoms with Gasteiger partial charge in [0.1, 0.15) is 0 Å². The summed E-state index contributed by atoms with van der Waals surface area (Å²) in [6.45, 7) is 7.39. The molecule has 3 heterocycles. The van der Waals surface area contributed by atoms with Gasteiger partial charge in [-0.05, 0) is 51.0 Å². The number of rotatable bonds is 4. The molecule has 5 nitrogen and oxygen atoms in total. The molecule has 2 aliphatic rings. The standard InChI is InChI=1S/C20H26ClN3O2/c1-14-19(15(2)24(23-14)18-5-3-16(21)4-6-18)12-22-17-7-9-26-20(11-17)8-10-25-13-20/h3-6,17,22H,7-13H2,1-2H3/t17-,20-/m0/s1. The minimum absolute atomic E-state index is 0.0620. The van der Waals surface area contributed by atoms with Crippen LogP contribution in [0.4, 0.5) is 0 Å². The quantitative estimate of drug-likeness (QED) is 0.887. The molecular formula is C20H26ClN3O2. The van der Waals surface area contributed by atoms with E-state index < -0.39 is 0 Å². The highest BCUT2D eigenvalue weighted by molar-refractivity contribution is 6.30. The van der Waals surface area contributed by atoms with Gasteiger partial charge in [-0.1, -0.05) is 11.6 Å². The van der Waals surface area contributed by atoms with Crippen molar-refractivity contribution in [3.05, 3.63) is 46.2 Å². The zero-order chi connectivity index (χ0) is 18.1. The van der Waals surface area contributed by atoms with Gasteiger partial charge in [0.2, 0.25) is 0 Å². The van der Waals surface area contributed by atoms with Crippen molar-refractivity contribution in [2.24, 2.45) is 0 Å². The van der Waals surface area contributed by atoms with E-state index in [1.54, 1.807) is 0 Å². The Bertz CT molecular complexity index is 766. The molecule has 2 aliphatic heterocycles. The second kappa shape index (κ2) is 7.31. The topological polar surface area (TPSA) is 48.3 Å². The van der Waals surface area contributed by atoms with Crippen LogP contribution in [0.2, 0.25) is 5.02 Å². The van der Waals surface area contributed by atoms with Crippen LogP contribution >= 0.6 is 11.6 Å². The number of nitrogens with one attached hydrogen (secondary N) is 1. The Morgan fingerprint density at radius 2 is 2.08 bits per heavy atom. The Morgan fingerprint density at radius 1 is 1.27 bits per heavy atom. The van der Waals surface area contributed by atoms with Crippen LogP contribution in [0.3, 0.4) is 0 Å². The summed E-state index contributed by atoms with van der Waals surface area (Å²) < 4.78 is 13.6. The van der Waals surface area contributed by atoms with Crippen molar-refractivity contribution in [2.75, 3.05) is 19.8 Å². The van der Waals surface area contributed by atoms with Crippen LogP contribution in [0.1, 0.15) is 36.2 Å². The summed E-state index contributed by atoms with van der Waals surface area (Å²) in [6.07, 6.45) is 3.08. The van der Waals surface area contributed by atoms with E-state index in [1.165, 1.54) is 11.3 Å². The molecule has 2 aromatic rings. The number of halogens is 1. The molecule has 0 radical (unpaired) electrons. The number of ether oxygens (including phenoxy) is 2. The number of aromatic nitrogens is 2. The van der Waals surface area contributed by atoms with Gasteiger partial charge in [0.15, 0.2) is 0 Å². The summed E-state index contributed by atoms with van der Waals surface area (Å²) in [5, 5.41) is 9.21. The zero-order valence-electron chi connectivity index (χ0n) is 15.4. The Balaban J connectivity index is 1.46. The molecule has 2 saturated heterocycles. The Hall–Kier alpha value is -1.40. The predicted octanol–water partition coefficient (Wildman–Crippen LogP) is 3.57. The van der Waals surface area contributed by atoms with E-state index in [-0.39, 0.29) is 5.60 Å². The van der Waals surface area contributed by atoms with Gasteiger partial charge in [-0.3, -0.25) is 0 Å².